The molecule has 0 spiro atoms. The first-order valence-corrected chi connectivity index (χ1v) is 10.6. The number of nitrogens with zero attached hydrogens (tertiary/aromatic N) is 1. The van der Waals surface area contributed by atoms with Crippen molar-refractivity contribution in [1.29, 1.82) is 5.41 Å². The van der Waals surface area contributed by atoms with Gasteiger partial charge < -0.3 is 9.47 Å². The zero-order valence-corrected chi connectivity index (χ0v) is 17.3. The summed E-state index contributed by atoms with van der Waals surface area (Å²) in [6.07, 6.45) is 3.45. The number of ether oxygens (including phenoxy) is 2. The highest BCUT2D eigenvalue weighted by atomic mass is 32.2. The highest BCUT2D eigenvalue weighted by Crippen LogP contribution is 2.41. The van der Waals surface area contributed by atoms with Gasteiger partial charge in [-0.25, -0.2) is 4.98 Å². The molecule has 7 heteroatoms. The van der Waals surface area contributed by atoms with Crippen molar-refractivity contribution < 1.29 is 14.3 Å². The summed E-state index contributed by atoms with van der Waals surface area (Å²) in [5.74, 6) is 0.564. The van der Waals surface area contributed by atoms with E-state index in [1.54, 1.807) is 19.4 Å². The molecule has 4 rings (SSSR count). The Hall–Kier alpha value is -2.90. The zero-order valence-electron chi connectivity index (χ0n) is 15.6. The summed E-state index contributed by atoms with van der Waals surface area (Å²) in [7, 11) is 1.59. The summed E-state index contributed by atoms with van der Waals surface area (Å²) < 4.78 is 11.4. The van der Waals surface area contributed by atoms with E-state index in [0.717, 1.165) is 11.1 Å². The molecule has 0 bridgehead atoms. The van der Waals surface area contributed by atoms with Gasteiger partial charge in [-0.3, -0.25) is 10.2 Å². The summed E-state index contributed by atoms with van der Waals surface area (Å²) in [6.45, 7) is 0.443. The van der Waals surface area contributed by atoms with Crippen LogP contribution in [0.2, 0.25) is 0 Å². The number of nitrogens with one attached hydrogen (secondary N) is 1. The van der Waals surface area contributed by atoms with Gasteiger partial charge in [0.1, 0.15) is 17.5 Å². The number of hydrogen-bond acceptors (Lipinski definition) is 7. The summed E-state index contributed by atoms with van der Waals surface area (Å²) in [6, 6.07) is 15.5. The Bertz CT molecular complexity index is 1060. The van der Waals surface area contributed by atoms with Crippen LogP contribution in [0.3, 0.4) is 0 Å². The van der Waals surface area contributed by atoms with Crippen LogP contribution in [-0.4, -0.2) is 22.9 Å². The van der Waals surface area contributed by atoms with Crippen LogP contribution < -0.4 is 9.47 Å². The van der Waals surface area contributed by atoms with E-state index < -0.39 is 5.92 Å². The van der Waals surface area contributed by atoms with Gasteiger partial charge in [-0.05, 0) is 29.3 Å². The second kappa shape index (κ2) is 8.63. The number of Topliss-reactive ketones (excluding diaryl/α,β-unsaturated/α-hetero) is 1. The molecule has 146 valence electrons. The lowest BCUT2D eigenvalue weighted by atomic mass is 10.0. The maximum Gasteiger partial charge on any atom is 0.186 e. The van der Waals surface area contributed by atoms with Crippen molar-refractivity contribution in [2.24, 2.45) is 0 Å². The monoisotopic (exact) mass is 422 g/mol. The first-order chi connectivity index (χ1) is 14.2. The number of ketones is 1. The lowest BCUT2D eigenvalue weighted by molar-refractivity contribution is -0.114. The molecule has 2 heterocycles. The third-order valence-electron chi connectivity index (χ3n) is 4.41. The fraction of sp³-hybridized carbons (Fsp3) is 0.136. The highest BCUT2D eigenvalue weighted by molar-refractivity contribution is 8.19. The molecular weight excluding hydrogens is 404 g/mol. The molecular formula is C22H18N2O3S2. The van der Waals surface area contributed by atoms with Gasteiger partial charge >= 0.3 is 0 Å². The Labute approximate surface area is 176 Å². The lowest BCUT2D eigenvalue weighted by Crippen LogP contribution is -2.11. The van der Waals surface area contributed by atoms with E-state index in [0.29, 0.717) is 33.1 Å². The van der Waals surface area contributed by atoms with Gasteiger partial charge in [-0.15, -0.1) is 11.3 Å². The fourth-order valence-corrected chi connectivity index (χ4v) is 4.78. The number of rotatable bonds is 6. The third kappa shape index (κ3) is 4.26. The smallest absolute Gasteiger partial charge is 0.186 e. The minimum Gasteiger partial charge on any atom is -0.493 e. The first-order valence-electron chi connectivity index (χ1n) is 8.92. The van der Waals surface area contributed by atoms with Crippen molar-refractivity contribution in [3.63, 3.8) is 0 Å². The number of carbonyl (C=O) groups is 1. The van der Waals surface area contributed by atoms with Crippen LogP contribution in [0.15, 0.2) is 65.0 Å². The molecule has 1 aliphatic rings. The molecule has 29 heavy (non-hydrogen) atoms. The second-order valence-electron chi connectivity index (χ2n) is 6.33. The fourth-order valence-electron chi connectivity index (χ4n) is 2.97. The van der Waals surface area contributed by atoms with E-state index in [2.05, 4.69) is 4.98 Å². The predicted molar refractivity (Wildman–Crippen MR) is 117 cm³/mol. The Morgan fingerprint density at radius 1 is 1.17 bits per heavy atom. The molecule has 1 aliphatic heterocycles. The summed E-state index contributed by atoms with van der Waals surface area (Å²) >= 11 is 2.59. The van der Waals surface area contributed by atoms with E-state index >= 15 is 0 Å². The predicted octanol–water partition coefficient (Wildman–Crippen LogP) is 5.15. The van der Waals surface area contributed by atoms with Gasteiger partial charge in [0.15, 0.2) is 17.3 Å². The van der Waals surface area contributed by atoms with Gasteiger partial charge in [-0.2, -0.15) is 0 Å². The van der Waals surface area contributed by atoms with E-state index in [4.69, 9.17) is 14.9 Å². The number of thiazole rings is 1. The molecule has 1 N–H and O–H groups in total. The standard InChI is InChI=1S/C22H18N2O3S2/c1-26-17-11-15(7-8-16(17)27-13-14-5-3-2-4-6-14)12-18-20(25)19(21(23)29-18)22-24-9-10-28-22/h2-12,19,23H,13H2,1H3/b18-12-,23-21?/t19-/m1/s1. The minimum atomic E-state index is -0.582. The van der Waals surface area contributed by atoms with Crippen molar-refractivity contribution in [1.82, 2.24) is 4.98 Å². The molecule has 3 aromatic rings. The second-order valence-corrected chi connectivity index (χ2v) is 8.34. The number of carbonyl (C=O) groups excluding carboxylic acids is 1. The van der Waals surface area contributed by atoms with Crippen molar-refractivity contribution in [3.8, 4) is 11.5 Å². The van der Waals surface area contributed by atoms with Crippen LogP contribution in [0.25, 0.3) is 6.08 Å². The normalized spacial score (nSPS) is 17.7. The van der Waals surface area contributed by atoms with Crippen LogP contribution >= 0.6 is 23.1 Å². The maximum atomic E-state index is 12.8. The van der Waals surface area contributed by atoms with Crippen LogP contribution in [0, 0.1) is 5.41 Å². The van der Waals surface area contributed by atoms with Crippen LogP contribution in [0.5, 0.6) is 11.5 Å². The van der Waals surface area contributed by atoms with Crippen LogP contribution in [0.1, 0.15) is 22.1 Å². The minimum absolute atomic E-state index is 0.0849. The zero-order chi connectivity index (χ0) is 20.2. The van der Waals surface area contributed by atoms with E-state index in [9.17, 15) is 4.79 Å². The first kappa shape index (κ1) is 19.4. The number of thioether (sulfide) groups is 1. The summed E-state index contributed by atoms with van der Waals surface area (Å²) in [4.78, 5) is 17.5. The molecule has 2 aromatic carbocycles. The Kier molecular flexibility index (Phi) is 5.78. The topological polar surface area (TPSA) is 72.3 Å². The number of hydrogen-bond donors (Lipinski definition) is 1. The Morgan fingerprint density at radius 3 is 2.72 bits per heavy atom. The molecule has 1 saturated heterocycles. The van der Waals surface area contributed by atoms with E-state index in [1.165, 1.54) is 23.1 Å². The molecule has 0 amide bonds. The molecule has 0 unspecified atom stereocenters. The van der Waals surface area contributed by atoms with Gasteiger partial charge in [0.05, 0.1) is 17.1 Å². The Balaban J connectivity index is 1.53. The molecule has 1 aromatic heterocycles. The SMILES string of the molecule is COc1cc(/C=C2\SC(=N)[C@H](c3nccs3)C2=O)ccc1OCc1ccccc1. The third-order valence-corrected chi connectivity index (χ3v) is 6.24. The molecule has 1 atom stereocenters. The number of allylic oxidation sites excluding steroid dienone is 1. The summed E-state index contributed by atoms with van der Waals surface area (Å²) in [5, 5.41) is 11.0. The molecule has 0 saturated carbocycles. The van der Waals surface area contributed by atoms with Crippen molar-refractivity contribution in [2.75, 3.05) is 7.11 Å². The maximum absolute atomic E-state index is 12.8. The quantitative estimate of drug-likeness (QED) is 0.556. The molecule has 0 aliphatic carbocycles. The van der Waals surface area contributed by atoms with Crippen LogP contribution in [-0.2, 0) is 11.4 Å². The lowest BCUT2D eigenvalue weighted by Gasteiger charge is -2.11. The van der Waals surface area contributed by atoms with Crippen molar-refractivity contribution in [2.45, 2.75) is 12.5 Å². The molecule has 5 nitrogen and oxygen atoms in total. The van der Waals surface area contributed by atoms with Gasteiger partial charge in [-0.1, -0.05) is 48.2 Å². The molecule has 1 fully saturated rings. The number of aromatic nitrogens is 1. The largest absolute Gasteiger partial charge is 0.493 e. The van der Waals surface area contributed by atoms with Crippen molar-refractivity contribution >= 4 is 40.0 Å². The number of methoxy groups -OCH3 is 1. The van der Waals surface area contributed by atoms with Gasteiger partial charge in [0.25, 0.3) is 0 Å². The Morgan fingerprint density at radius 2 is 2.00 bits per heavy atom. The van der Waals surface area contributed by atoms with Gasteiger partial charge in [0.2, 0.25) is 0 Å². The highest BCUT2D eigenvalue weighted by Gasteiger charge is 2.38. The van der Waals surface area contributed by atoms with Crippen LogP contribution in [0.4, 0.5) is 0 Å². The van der Waals surface area contributed by atoms with Gasteiger partial charge in [0, 0.05) is 11.6 Å². The van der Waals surface area contributed by atoms with E-state index in [1.807, 2.05) is 53.9 Å². The van der Waals surface area contributed by atoms with Crippen molar-refractivity contribution in [3.05, 3.63) is 81.1 Å². The number of benzene rings is 2. The average molecular weight is 423 g/mol. The van der Waals surface area contributed by atoms with E-state index in [-0.39, 0.29) is 5.78 Å². The molecule has 0 radical (unpaired) electrons. The summed E-state index contributed by atoms with van der Waals surface area (Å²) in [5.41, 5.74) is 1.89. The average Bonchev–Trinajstić information content (AvgIpc) is 3.35.